The second-order valence-corrected chi connectivity index (χ2v) is 14.0. The summed E-state index contributed by atoms with van der Waals surface area (Å²) < 4.78 is 57.7. The minimum Gasteiger partial charge on any atom is -0.463 e. The van der Waals surface area contributed by atoms with E-state index in [0.717, 1.165) is 4.90 Å². The number of benzene rings is 2. The average Bonchev–Trinajstić information content (AvgIpc) is 3.64. The monoisotopic (exact) mass is 776 g/mol. The fraction of sp³-hybridized carbons (Fsp3) is 0.475. The van der Waals surface area contributed by atoms with Gasteiger partial charge in [-0.2, -0.15) is 0 Å². The zero-order chi connectivity index (χ0) is 39.8. The lowest BCUT2D eigenvalue weighted by atomic mass is 9.92. The molecule has 4 aliphatic rings. The van der Waals surface area contributed by atoms with Gasteiger partial charge in [-0.3, -0.25) is 28.9 Å². The number of rotatable bonds is 10. The first-order valence-electron chi connectivity index (χ1n) is 18.3. The maximum absolute atomic E-state index is 14.2. The van der Waals surface area contributed by atoms with Crippen LogP contribution in [0.3, 0.4) is 0 Å². The molecule has 298 valence electrons. The van der Waals surface area contributed by atoms with Crippen molar-refractivity contribution in [3.63, 3.8) is 0 Å². The minimum atomic E-state index is -1.41. The first-order valence-corrected chi connectivity index (χ1v) is 18.3. The molecule has 0 N–H and O–H groups in total. The number of imide groups is 1. The molecule has 4 aliphatic heterocycles. The Morgan fingerprint density at radius 2 is 1.32 bits per heavy atom. The molecule has 2 amide bonds. The lowest BCUT2D eigenvalue weighted by molar-refractivity contribution is -0.376. The molecule has 1 unspecified atom stereocenters. The number of nitrogens with zero attached hydrogens (tertiary/aromatic N) is 2. The van der Waals surface area contributed by atoms with E-state index in [1.807, 2.05) is 60.9 Å². The number of methoxy groups -OCH3 is 1. The van der Waals surface area contributed by atoms with E-state index in [1.54, 1.807) is 24.3 Å². The number of carbonyl (C=O) groups excluding carboxylic acids is 5. The summed E-state index contributed by atoms with van der Waals surface area (Å²) in [5.74, 6) is -3.23. The highest BCUT2D eigenvalue weighted by Crippen LogP contribution is 2.43. The number of ether oxygens (including phenoxy) is 9. The predicted octanol–water partition coefficient (Wildman–Crippen LogP) is 3.33. The third-order valence-electron chi connectivity index (χ3n) is 10.3. The van der Waals surface area contributed by atoms with Crippen LogP contribution in [0, 0.1) is 13.8 Å². The van der Waals surface area contributed by atoms with Crippen molar-refractivity contribution in [3.05, 3.63) is 94.8 Å². The Labute approximate surface area is 322 Å². The molecule has 0 spiro atoms. The van der Waals surface area contributed by atoms with E-state index in [4.69, 9.17) is 42.6 Å². The molecule has 11 atom stereocenters. The van der Waals surface area contributed by atoms with Crippen molar-refractivity contribution < 1.29 is 66.6 Å². The van der Waals surface area contributed by atoms with Crippen LogP contribution in [-0.4, -0.2) is 115 Å². The number of hydrogen-bond acceptors (Lipinski definition) is 14. The largest absolute Gasteiger partial charge is 0.463 e. The van der Waals surface area contributed by atoms with E-state index in [0.29, 0.717) is 17.0 Å². The van der Waals surface area contributed by atoms with Crippen LogP contribution < -0.4 is 0 Å². The number of fused-ring (bicyclic) bond motifs is 2. The number of amides is 2. The highest BCUT2D eigenvalue weighted by Gasteiger charge is 2.60. The molecule has 7 rings (SSSR count). The van der Waals surface area contributed by atoms with Gasteiger partial charge in [-0.25, -0.2) is 0 Å². The van der Waals surface area contributed by atoms with Crippen molar-refractivity contribution >= 4 is 29.7 Å². The van der Waals surface area contributed by atoms with E-state index >= 15 is 0 Å². The molecule has 3 aromatic rings. The first-order chi connectivity index (χ1) is 26.9. The van der Waals surface area contributed by atoms with Gasteiger partial charge in [0.1, 0.15) is 43.1 Å². The van der Waals surface area contributed by atoms with E-state index in [-0.39, 0.29) is 17.7 Å². The standard InChI is InChI=1S/C40H44N2O14/c1-20-16-17-21(2)41(20)31-34(52-24(5)45)32(51-23(4)44)28(18-49-22(3)43)54-40(31)56-35-30(42-36(46)26-14-10-11-15-27(26)37(42)47)39(48-6)53-29-19-50-38(55-33(29)35)25-12-8-7-9-13-25/h7-17,28-35,38-40H,18-19H2,1-6H3/t28-,29-,30-,31-,32-,33-,34-,35-,38?,39-,40+/m1/s1. The van der Waals surface area contributed by atoms with Crippen LogP contribution in [0.2, 0.25) is 0 Å². The fourth-order valence-electron chi connectivity index (χ4n) is 8.01. The van der Waals surface area contributed by atoms with Gasteiger partial charge in [-0.15, -0.1) is 0 Å². The Morgan fingerprint density at radius 1 is 0.714 bits per heavy atom. The Hall–Kier alpha value is -4.97. The van der Waals surface area contributed by atoms with E-state index < -0.39 is 104 Å². The van der Waals surface area contributed by atoms with Crippen LogP contribution in [0.15, 0.2) is 66.7 Å². The molecule has 56 heavy (non-hydrogen) atoms. The summed E-state index contributed by atoms with van der Waals surface area (Å²) >= 11 is 0. The lowest BCUT2D eigenvalue weighted by Gasteiger charge is -2.53. The molecule has 3 saturated heterocycles. The Morgan fingerprint density at radius 3 is 1.91 bits per heavy atom. The van der Waals surface area contributed by atoms with Crippen molar-refractivity contribution in [1.82, 2.24) is 9.47 Å². The molecule has 16 heteroatoms. The second kappa shape index (κ2) is 16.3. The zero-order valence-electron chi connectivity index (χ0n) is 31.7. The van der Waals surface area contributed by atoms with Crippen molar-refractivity contribution in [3.8, 4) is 0 Å². The number of hydrogen-bond donors (Lipinski definition) is 0. The summed E-state index contributed by atoms with van der Waals surface area (Å²) in [6.45, 7) is 6.89. The van der Waals surface area contributed by atoms with Gasteiger partial charge < -0.3 is 47.2 Å². The van der Waals surface area contributed by atoms with Crippen LogP contribution in [0.1, 0.15) is 70.8 Å². The maximum atomic E-state index is 14.2. The van der Waals surface area contributed by atoms with Crippen LogP contribution >= 0.6 is 0 Å². The first kappa shape index (κ1) is 39.3. The molecule has 0 saturated carbocycles. The fourth-order valence-corrected chi connectivity index (χ4v) is 8.01. The van der Waals surface area contributed by atoms with Crippen LogP contribution in [0.4, 0.5) is 0 Å². The molecule has 0 aliphatic carbocycles. The summed E-state index contributed by atoms with van der Waals surface area (Å²) in [6, 6.07) is 17.0. The quantitative estimate of drug-likeness (QED) is 0.166. The van der Waals surface area contributed by atoms with Gasteiger partial charge in [0, 0.05) is 44.8 Å². The summed E-state index contributed by atoms with van der Waals surface area (Å²) in [7, 11) is 1.38. The Balaban J connectivity index is 1.37. The number of carbonyl (C=O) groups is 5. The molecule has 3 fully saturated rings. The lowest BCUT2D eigenvalue weighted by Crippen LogP contribution is -2.70. The van der Waals surface area contributed by atoms with Gasteiger partial charge in [0.25, 0.3) is 11.8 Å². The van der Waals surface area contributed by atoms with Crippen molar-refractivity contribution in [2.24, 2.45) is 0 Å². The predicted molar refractivity (Wildman–Crippen MR) is 191 cm³/mol. The molecular weight excluding hydrogens is 732 g/mol. The average molecular weight is 777 g/mol. The molecule has 0 radical (unpaired) electrons. The normalized spacial score (nSPS) is 31.3. The number of esters is 3. The third kappa shape index (κ3) is 7.47. The minimum absolute atomic E-state index is 0.0171. The summed E-state index contributed by atoms with van der Waals surface area (Å²) in [5, 5.41) is 0. The van der Waals surface area contributed by atoms with Gasteiger partial charge >= 0.3 is 17.9 Å². The molecule has 2 aromatic carbocycles. The Kier molecular flexibility index (Phi) is 11.4. The highest BCUT2D eigenvalue weighted by atomic mass is 16.8. The van der Waals surface area contributed by atoms with Gasteiger partial charge in [0.05, 0.1) is 17.7 Å². The van der Waals surface area contributed by atoms with E-state index in [2.05, 4.69) is 0 Å². The smallest absolute Gasteiger partial charge is 0.303 e. The van der Waals surface area contributed by atoms with Gasteiger partial charge in [0.15, 0.2) is 31.1 Å². The molecule has 0 bridgehead atoms. The van der Waals surface area contributed by atoms with Crippen LogP contribution in [0.25, 0.3) is 0 Å². The number of aromatic nitrogens is 1. The SMILES string of the molecule is CO[C@@H]1O[C@@H]2COC(c3ccccc3)O[C@H]2[C@H](O[C@@H]2O[C@H](COC(C)=O)[C@@H](OC(C)=O)[C@H](OC(C)=O)[C@H]2n2c(C)ccc2C)[C@H]1N1C(=O)c2ccccc2C1=O. The van der Waals surface area contributed by atoms with Crippen molar-refractivity contribution in [2.75, 3.05) is 20.3 Å². The van der Waals surface area contributed by atoms with Crippen molar-refractivity contribution in [1.29, 1.82) is 0 Å². The topological polar surface area (TPSA) is 177 Å². The van der Waals surface area contributed by atoms with Gasteiger partial charge in [0.2, 0.25) is 0 Å². The Bertz CT molecular complexity index is 1910. The van der Waals surface area contributed by atoms with Crippen LogP contribution in [-0.2, 0) is 57.0 Å². The summed E-state index contributed by atoms with van der Waals surface area (Å²) in [5.41, 5.74) is 2.50. The zero-order valence-corrected chi connectivity index (χ0v) is 31.7. The summed E-state index contributed by atoms with van der Waals surface area (Å²) in [4.78, 5) is 67.0. The van der Waals surface area contributed by atoms with Crippen LogP contribution in [0.5, 0.6) is 0 Å². The summed E-state index contributed by atoms with van der Waals surface area (Å²) in [6.07, 6.45) is -10.4. The molecular formula is C40H44N2O14. The third-order valence-corrected chi connectivity index (χ3v) is 10.3. The van der Waals surface area contributed by atoms with Crippen molar-refractivity contribution in [2.45, 2.75) is 102 Å². The molecule has 5 heterocycles. The maximum Gasteiger partial charge on any atom is 0.303 e. The highest BCUT2D eigenvalue weighted by molar-refractivity contribution is 6.21. The second-order valence-electron chi connectivity index (χ2n) is 14.0. The van der Waals surface area contributed by atoms with E-state index in [9.17, 15) is 24.0 Å². The number of aryl methyl sites for hydroxylation is 2. The van der Waals surface area contributed by atoms with Gasteiger partial charge in [-0.05, 0) is 38.1 Å². The van der Waals surface area contributed by atoms with E-state index in [1.165, 1.54) is 27.9 Å². The van der Waals surface area contributed by atoms with Gasteiger partial charge in [-0.1, -0.05) is 42.5 Å². The molecule has 1 aromatic heterocycles. The molecule has 16 nitrogen and oxygen atoms in total.